The number of rotatable bonds is 5. The van der Waals surface area contributed by atoms with Gasteiger partial charge >= 0.3 is 0 Å². The quantitative estimate of drug-likeness (QED) is 0.652. The van der Waals surface area contributed by atoms with Crippen LogP contribution < -0.4 is 10.6 Å². The first-order valence-corrected chi connectivity index (χ1v) is 7.67. The van der Waals surface area contributed by atoms with Crippen LogP contribution in [-0.4, -0.2) is 18.5 Å². The number of nitrogens with zero attached hydrogens (tertiary/aromatic N) is 1. The average Bonchev–Trinajstić information content (AvgIpc) is 2.82. The largest absolute Gasteiger partial charge is 0.459 e. The number of furan rings is 1. The molecule has 1 heterocycles. The molecule has 2 rings (SSSR count). The molecular formula is C17H25N3O. The van der Waals surface area contributed by atoms with Gasteiger partial charge in [0, 0.05) is 23.5 Å². The number of guanidine groups is 1. The molecule has 4 nitrogen and oxygen atoms in total. The minimum Gasteiger partial charge on any atom is -0.459 e. The molecule has 4 heteroatoms. The van der Waals surface area contributed by atoms with Crippen molar-refractivity contribution in [1.82, 2.24) is 10.6 Å². The van der Waals surface area contributed by atoms with Crippen LogP contribution in [-0.2, 0) is 6.54 Å². The maximum Gasteiger partial charge on any atom is 0.191 e. The van der Waals surface area contributed by atoms with Gasteiger partial charge in [-0.05, 0) is 33.3 Å². The molecule has 0 fully saturated rings. The lowest BCUT2D eigenvalue weighted by Gasteiger charge is -2.15. The monoisotopic (exact) mass is 287 g/mol. The first kappa shape index (κ1) is 15.4. The molecule has 0 saturated heterocycles. The van der Waals surface area contributed by atoms with E-state index in [1.807, 2.05) is 18.2 Å². The van der Waals surface area contributed by atoms with Crippen molar-refractivity contribution < 1.29 is 4.42 Å². The molecule has 0 saturated carbocycles. The van der Waals surface area contributed by atoms with Gasteiger partial charge in [-0.3, -0.25) is 0 Å². The first-order chi connectivity index (χ1) is 10.2. The molecule has 2 aromatic rings. The number of aryl methyl sites for hydroxylation is 1. The van der Waals surface area contributed by atoms with Crippen molar-refractivity contribution in [2.75, 3.05) is 6.54 Å². The van der Waals surface area contributed by atoms with Gasteiger partial charge < -0.3 is 15.1 Å². The third kappa shape index (κ3) is 3.78. The summed E-state index contributed by atoms with van der Waals surface area (Å²) < 4.78 is 5.90. The molecule has 0 spiro atoms. The summed E-state index contributed by atoms with van der Waals surface area (Å²) in [4.78, 5) is 4.63. The highest BCUT2D eigenvalue weighted by molar-refractivity contribution is 5.82. The summed E-state index contributed by atoms with van der Waals surface area (Å²) in [5.74, 6) is 1.77. The van der Waals surface area contributed by atoms with E-state index in [0.29, 0.717) is 12.6 Å². The Morgan fingerprint density at radius 3 is 2.71 bits per heavy atom. The predicted octanol–water partition coefficient (Wildman–Crippen LogP) is 3.59. The molecule has 1 aromatic heterocycles. The Balaban J connectivity index is 2.17. The maximum absolute atomic E-state index is 5.90. The third-order valence-corrected chi connectivity index (χ3v) is 3.66. The van der Waals surface area contributed by atoms with E-state index in [0.717, 1.165) is 30.3 Å². The van der Waals surface area contributed by atoms with Crippen LogP contribution in [0.2, 0.25) is 0 Å². The van der Waals surface area contributed by atoms with E-state index < -0.39 is 0 Å². The minimum absolute atomic E-state index is 0.402. The number of hydrogen-bond acceptors (Lipinski definition) is 2. The van der Waals surface area contributed by atoms with E-state index in [1.165, 1.54) is 10.9 Å². The number of aliphatic imine (C=N–C) groups is 1. The summed E-state index contributed by atoms with van der Waals surface area (Å²) in [6.45, 7) is 9.86. The van der Waals surface area contributed by atoms with Crippen LogP contribution >= 0.6 is 0 Å². The second-order valence-corrected chi connectivity index (χ2v) is 5.30. The van der Waals surface area contributed by atoms with Crippen molar-refractivity contribution >= 4 is 16.9 Å². The fraction of sp³-hybridized carbons (Fsp3) is 0.471. The molecule has 0 amide bonds. The second-order valence-electron chi connectivity index (χ2n) is 5.30. The van der Waals surface area contributed by atoms with E-state index in [2.05, 4.69) is 49.4 Å². The Morgan fingerprint density at radius 2 is 2.05 bits per heavy atom. The SMILES string of the molecule is CCNC(=NCc1oc2ccccc2c1C)NC(C)CC. The lowest BCUT2D eigenvalue weighted by atomic mass is 10.1. The Kier molecular flexibility index (Phi) is 5.26. The molecular weight excluding hydrogens is 262 g/mol. The van der Waals surface area contributed by atoms with Crippen LogP contribution in [0.15, 0.2) is 33.7 Å². The molecule has 0 bridgehead atoms. The minimum atomic E-state index is 0.402. The Bertz CT molecular complexity index is 616. The second kappa shape index (κ2) is 7.16. The number of hydrogen-bond donors (Lipinski definition) is 2. The third-order valence-electron chi connectivity index (χ3n) is 3.66. The normalized spacial score (nSPS) is 13.4. The zero-order valence-corrected chi connectivity index (χ0v) is 13.4. The van der Waals surface area contributed by atoms with Gasteiger partial charge in [-0.2, -0.15) is 0 Å². The Labute approximate surface area is 126 Å². The molecule has 2 N–H and O–H groups in total. The molecule has 0 aliphatic rings. The van der Waals surface area contributed by atoms with Crippen LogP contribution in [0.4, 0.5) is 0 Å². The summed E-state index contributed by atoms with van der Waals surface area (Å²) in [5, 5.41) is 7.83. The fourth-order valence-electron chi connectivity index (χ4n) is 2.18. The number of para-hydroxylation sites is 1. The van der Waals surface area contributed by atoms with E-state index in [-0.39, 0.29) is 0 Å². The highest BCUT2D eigenvalue weighted by Gasteiger charge is 2.10. The summed E-state index contributed by atoms with van der Waals surface area (Å²) in [5.41, 5.74) is 2.11. The van der Waals surface area contributed by atoms with E-state index in [1.54, 1.807) is 0 Å². The highest BCUT2D eigenvalue weighted by atomic mass is 16.3. The zero-order chi connectivity index (χ0) is 15.2. The molecule has 1 aromatic carbocycles. The predicted molar refractivity (Wildman–Crippen MR) is 88.7 cm³/mol. The van der Waals surface area contributed by atoms with Gasteiger partial charge in [0.1, 0.15) is 17.9 Å². The van der Waals surface area contributed by atoms with Crippen LogP contribution in [0.1, 0.15) is 38.5 Å². The van der Waals surface area contributed by atoms with Crippen molar-refractivity contribution in [2.45, 2.75) is 46.7 Å². The van der Waals surface area contributed by atoms with Gasteiger partial charge in [0.05, 0.1) is 0 Å². The summed E-state index contributed by atoms with van der Waals surface area (Å²) >= 11 is 0. The topological polar surface area (TPSA) is 49.6 Å². The first-order valence-electron chi connectivity index (χ1n) is 7.67. The summed E-state index contributed by atoms with van der Waals surface area (Å²) in [7, 11) is 0. The van der Waals surface area contributed by atoms with E-state index >= 15 is 0 Å². The molecule has 114 valence electrons. The Hall–Kier alpha value is -1.97. The van der Waals surface area contributed by atoms with Gasteiger partial charge in [-0.1, -0.05) is 25.1 Å². The molecule has 1 atom stereocenters. The van der Waals surface area contributed by atoms with Crippen LogP contribution in [0.3, 0.4) is 0 Å². The van der Waals surface area contributed by atoms with Gasteiger partial charge in [0.2, 0.25) is 0 Å². The van der Waals surface area contributed by atoms with Crippen LogP contribution in [0, 0.1) is 6.92 Å². The lowest BCUT2D eigenvalue weighted by Crippen LogP contribution is -2.41. The molecule has 0 radical (unpaired) electrons. The lowest BCUT2D eigenvalue weighted by molar-refractivity contribution is 0.546. The average molecular weight is 287 g/mol. The van der Waals surface area contributed by atoms with Crippen molar-refractivity contribution in [1.29, 1.82) is 0 Å². The van der Waals surface area contributed by atoms with Gasteiger partial charge in [0.15, 0.2) is 5.96 Å². The van der Waals surface area contributed by atoms with Crippen LogP contribution in [0.25, 0.3) is 11.0 Å². The van der Waals surface area contributed by atoms with E-state index in [4.69, 9.17) is 4.42 Å². The highest BCUT2D eigenvalue weighted by Crippen LogP contribution is 2.25. The standard InChI is InChI=1S/C17H25N3O/c1-5-12(3)20-17(18-6-2)19-11-16-13(4)14-9-7-8-10-15(14)21-16/h7-10,12H,5-6,11H2,1-4H3,(H2,18,19,20). The summed E-state index contributed by atoms with van der Waals surface area (Å²) in [6, 6.07) is 8.51. The molecule has 1 unspecified atom stereocenters. The number of benzene rings is 1. The van der Waals surface area contributed by atoms with Crippen molar-refractivity contribution in [3.63, 3.8) is 0 Å². The Morgan fingerprint density at radius 1 is 1.29 bits per heavy atom. The number of fused-ring (bicyclic) bond motifs is 1. The van der Waals surface area contributed by atoms with Gasteiger partial charge in [-0.25, -0.2) is 4.99 Å². The maximum atomic E-state index is 5.90. The fourth-order valence-corrected chi connectivity index (χ4v) is 2.18. The van der Waals surface area contributed by atoms with Gasteiger partial charge in [0.25, 0.3) is 0 Å². The zero-order valence-electron chi connectivity index (χ0n) is 13.4. The van der Waals surface area contributed by atoms with Gasteiger partial charge in [-0.15, -0.1) is 0 Å². The molecule has 0 aliphatic carbocycles. The van der Waals surface area contributed by atoms with Crippen molar-refractivity contribution in [3.8, 4) is 0 Å². The smallest absolute Gasteiger partial charge is 0.191 e. The van der Waals surface area contributed by atoms with Crippen LogP contribution in [0.5, 0.6) is 0 Å². The number of nitrogens with one attached hydrogen (secondary N) is 2. The van der Waals surface area contributed by atoms with Crippen molar-refractivity contribution in [2.24, 2.45) is 4.99 Å². The molecule has 21 heavy (non-hydrogen) atoms. The van der Waals surface area contributed by atoms with Crippen molar-refractivity contribution in [3.05, 3.63) is 35.6 Å². The summed E-state index contributed by atoms with van der Waals surface area (Å²) in [6.07, 6.45) is 1.06. The van der Waals surface area contributed by atoms with E-state index in [9.17, 15) is 0 Å². The molecule has 0 aliphatic heterocycles.